The molecule has 3 rings (SSSR count). The number of hydrogen-bond acceptors (Lipinski definition) is 5. The van der Waals surface area contributed by atoms with Crippen LogP contribution in [0.4, 0.5) is 0 Å². The lowest BCUT2D eigenvalue weighted by atomic mass is 10.3. The summed E-state index contributed by atoms with van der Waals surface area (Å²) in [4.78, 5) is 15.1. The van der Waals surface area contributed by atoms with Gasteiger partial charge >= 0.3 is 0 Å². The van der Waals surface area contributed by atoms with Crippen molar-refractivity contribution in [3.8, 4) is 0 Å². The van der Waals surface area contributed by atoms with Crippen molar-refractivity contribution in [2.24, 2.45) is 0 Å². The monoisotopic (exact) mass is 348 g/mol. The summed E-state index contributed by atoms with van der Waals surface area (Å²) in [6, 6.07) is 11.5. The zero-order chi connectivity index (χ0) is 16.2. The van der Waals surface area contributed by atoms with Gasteiger partial charge in [0.15, 0.2) is 5.69 Å². The fraction of sp³-hybridized carbons (Fsp3) is 0.312. The fourth-order valence-electron chi connectivity index (χ4n) is 2.47. The normalized spacial score (nSPS) is 17.5. The molecule has 1 fully saturated rings. The van der Waals surface area contributed by atoms with E-state index in [1.807, 2.05) is 36.2 Å². The van der Waals surface area contributed by atoms with Crippen LogP contribution in [0.5, 0.6) is 0 Å². The Morgan fingerprint density at radius 2 is 2.13 bits per heavy atom. The summed E-state index contributed by atoms with van der Waals surface area (Å²) < 4.78 is 0. The van der Waals surface area contributed by atoms with Crippen LogP contribution in [0.2, 0.25) is 5.02 Å². The summed E-state index contributed by atoms with van der Waals surface area (Å²) in [5.74, 6) is -0.0652. The molecule has 120 valence electrons. The predicted molar refractivity (Wildman–Crippen MR) is 91.0 cm³/mol. The van der Waals surface area contributed by atoms with Crippen molar-refractivity contribution in [3.05, 3.63) is 47.1 Å². The lowest BCUT2D eigenvalue weighted by Crippen LogP contribution is -2.33. The Bertz CT molecular complexity index is 695. The lowest BCUT2D eigenvalue weighted by Gasteiger charge is -2.15. The Balaban J connectivity index is 1.67. The number of nitrogens with one attached hydrogen (secondary N) is 1. The van der Waals surface area contributed by atoms with Crippen LogP contribution in [0.25, 0.3) is 0 Å². The van der Waals surface area contributed by atoms with E-state index in [2.05, 4.69) is 15.5 Å². The van der Waals surface area contributed by atoms with Gasteiger partial charge in [-0.05, 0) is 37.7 Å². The first kappa shape index (κ1) is 16.2. The van der Waals surface area contributed by atoms with Gasteiger partial charge in [0.1, 0.15) is 5.03 Å². The second-order valence-electron chi connectivity index (χ2n) is 5.31. The number of halogens is 1. The molecule has 1 aromatic carbocycles. The molecule has 1 aromatic heterocycles. The van der Waals surface area contributed by atoms with Crippen LogP contribution in [0.3, 0.4) is 0 Å². The molecule has 1 saturated heterocycles. The van der Waals surface area contributed by atoms with Gasteiger partial charge in [-0.1, -0.05) is 35.5 Å². The second-order valence-corrected chi connectivity index (χ2v) is 6.78. The van der Waals surface area contributed by atoms with Gasteiger partial charge in [0, 0.05) is 24.0 Å². The summed E-state index contributed by atoms with van der Waals surface area (Å²) in [7, 11) is 1.92. The zero-order valence-corrected chi connectivity index (χ0v) is 14.3. The van der Waals surface area contributed by atoms with E-state index in [0.29, 0.717) is 28.3 Å². The zero-order valence-electron chi connectivity index (χ0n) is 12.7. The van der Waals surface area contributed by atoms with Crippen LogP contribution in [0, 0.1) is 0 Å². The molecule has 1 aliphatic rings. The third kappa shape index (κ3) is 3.83. The molecule has 2 heterocycles. The van der Waals surface area contributed by atoms with E-state index in [1.54, 1.807) is 12.1 Å². The number of likely N-dealkylation sites (tertiary alicyclic amines) is 1. The summed E-state index contributed by atoms with van der Waals surface area (Å²) in [6.07, 6.45) is 0.968. The standard InChI is InChI=1S/C16H17ClN4OS/c1-18-11-8-9-21(10-11)16(22)13-6-7-15(20-19-13)23-14-5-3-2-4-12(14)17/h2-7,11,18H,8-10H2,1H3. The summed E-state index contributed by atoms with van der Waals surface area (Å²) >= 11 is 7.56. The highest BCUT2D eigenvalue weighted by atomic mass is 35.5. The maximum atomic E-state index is 12.4. The molecular formula is C16H17ClN4OS. The maximum Gasteiger partial charge on any atom is 0.274 e. The number of nitrogens with zero attached hydrogens (tertiary/aromatic N) is 3. The van der Waals surface area contributed by atoms with Gasteiger partial charge in [0.25, 0.3) is 5.91 Å². The number of rotatable bonds is 4. The van der Waals surface area contributed by atoms with Crippen LogP contribution in [-0.2, 0) is 0 Å². The molecule has 1 N–H and O–H groups in total. The number of amides is 1. The Morgan fingerprint density at radius 3 is 2.78 bits per heavy atom. The van der Waals surface area contributed by atoms with E-state index in [0.717, 1.165) is 17.9 Å². The molecule has 1 unspecified atom stereocenters. The van der Waals surface area contributed by atoms with Gasteiger partial charge in [-0.15, -0.1) is 10.2 Å². The predicted octanol–water partition coefficient (Wildman–Crippen LogP) is 2.72. The highest BCUT2D eigenvalue weighted by molar-refractivity contribution is 7.99. The highest BCUT2D eigenvalue weighted by Crippen LogP contribution is 2.31. The van der Waals surface area contributed by atoms with Crippen LogP contribution in [0.15, 0.2) is 46.3 Å². The van der Waals surface area contributed by atoms with Gasteiger partial charge in [0.05, 0.1) is 5.02 Å². The molecule has 23 heavy (non-hydrogen) atoms. The van der Waals surface area contributed by atoms with Crippen molar-refractivity contribution in [2.75, 3.05) is 20.1 Å². The quantitative estimate of drug-likeness (QED) is 0.920. The molecule has 0 spiro atoms. The van der Waals surface area contributed by atoms with Gasteiger partial charge in [0.2, 0.25) is 0 Å². The van der Waals surface area contributed by atoms with Crippen LogP contribution < -0.4 is 5.32 Å². The largest absolute Gasteiger partial charge is 0.336 e. The lowest BCUT2D eigenvalue weighted by molar-refractivity contribution is 0.0782. The van der Waals surface area contributed by atoms with E-state index >= 15 is 0 Å². The molecule has 0 radical (unpaired) electrons. The van der Waals surface area contributed by atoms with E-state index in [9.17, 15) is 4.79 Å². The number of benzene rings is 1. The van der Waals surface area contributed by atoms with Gasteiger partial charge in [-0.2, -0.15) is 0 Å². The number of carbonyl (C=O) groups is 1. The van der Waals surface area contributed by atoms with Gasteiger partial charge < -0.3 is 10.2 Å². The molecule has 0 bridgehead atoms. The average Bonchev–Trinajstić information content (AvgIpc) is 3.06. The van der Waals surface area contributed by atoms with E-state index in [1.165, 1.54) is 11.8 Å². The van der Waals surface area contributed by atoms with Crippen LogP contribution >= 0.6 is 23.4 Å². The molecule has 7 heteroatoms. The highest BCUT2D eigenvalue weighted by Gasteiger charge is 2.26. The molecule has 0 aliphatic carbocycles. The van der Waals surface area contributed by atoms with E-state index < -0.39 is 0 Å². The first-order chi connectivity index (χ1) is 11.2. The minimum atomic E-state index is -0.0652. The second kappa shape index (κ2) is 7.29. The minimum Gasteiger partial charge on any atom is -0.336 e. The van der Waals surface area contributed by atoms with Gasteiger partial charge in [-0.3, -0.25) is 4.79 Å². The molecule has 1 atom stereocenters. The Hall–Kier alpha value is -1.63. The van der Waals surface area contributed by atoms with Crippen molar-refractivity contribution < 1.29 is 4.79 Å². The Morgan fingerprint density at radius 1 is 1.30 bits per heavy atom. The van der Waals surface area contributed by atoms with Crippen molar-refractivity contribution in [1.82, 2.24) is 20.4 Å². The summed E-state index contributed by atoms with van der Waals surface area (Å²) in [5.41, 5.74) is 0.380. The van der Waals surface area contributed by atoms with Crippen molar-refractivity contribution >= 4 is 29.3 Å². The molecule has 2 aromatic rings. The molecule has 1 amide bonds. The molecule has 1 aliphatic heterocycles. The Kier molecular flexibility index (Phi) is 5.15. The first-order valence-corrected chi connectivity index (χ1v) is 8.59. The number of likely N-dealkylation sites (N-methyl/N-ethyl adjacent to an activating group) is 1. The summed E-state index contributed by atoms with van der Waals surface area (Å²) in [5, 5.41) is 12.8. The average molecular weight is 349 g/mol. The summed E-state index contributed by atoms with van der Waals surface area (Å²) in [6.45, 7) is 1.47. The van der Waals surface area contributed by atoms with Crippen LogP contribution in [0.1, 0.15) is 16.9 Å². The topological polar surface area (TPSA) is 58.1 Å². The van der Waals surface area contributed by atoms with Gasteiger partial charge in [-0.25, -0.2) is 0 Å². The maximum absolute atomic E-state index is 12.4. The fourth-order valence-corrected chi connectivity index (χ4v) is 3.48. The smallest absolute Gasteiger partial charge is 0.274 e. The number of hydrogen-bond donors (Lipinski definition) is 1. The van der Waals surface area contributed by atoms with Crippen molar-refractivity contribution in [3.63, 3.8) is 0 Å². The van der Waals surface area contributed by atoms with E-state index in [4.69, 9.17) is 11.6 Å². The number of aromatic nitrogens is 2. The molecular weight excluding hydrogens is 332 g/mol. The number of carbonyl (C=O) groups excluding carboxylic acids is 1. The van der Waals surface area contributed by atoms with Crippen LogP contribution in [-0.4, -0.2) is 47.2 Å². The third-order valence-electron chi connectivity index (χ3n) is 3.79. The minimum absolute atomic E-state index is 0.0652. The van der Waals surface area contributed by atoms with Crippen molar-refractivity contribution in [2.45, 2.75) is 22.4 Å². The van der Waals surface area contributed by atoms with Crippen molar-refractivity contribution in [1.29, 1.82) is 0 Å². The first-order valence-electron chi connectivity index (χ1n) is 7.40. The Labute approximate surface area is 144 Å². The molecule has 5 nitrogen and oxygen atoms in total. The molecule has 0 saturated carbocycles. The SMILES string of the molecule is CNC1CCN(C(=O)c2ccc(Sc3ccccc3Cl)nn2)C1. The van der Waals surface area contributed by atoms with E-state index in [-0.39, 0.29) is 5.91 Å². The third-order valence-corrected chi connectivity index (χ3v) is 5.24.